The van der Waals surface area contributed by atoms with Crippen LogP contribution in [-0.2, 0) is 16.1 Å². The zero-order valence-electron chi connectivity index (χ0n) is 12.2. The highest BCUT2D eigenvalue weighted by molar-refractivity contribution is 5.77. The molecule has 1 rings (SSSR count). The third-order valence-electron chi connectivity index (χ3n) is 2.60. The van der Waals surface area contributed by atoms with Crippen LogP contribution in [-0.4, -0.2) is 38.9 Å². The molecule has 0 unspecified atom stereocenters. The number of rotatable bonds is 10. The summed E-state index contributed by atoms with van der Waals surface area (Å²) in [7, 11) is 0. The average Bonchev–Trinajstić information content (AvgIpc) is 2.48. The van der Waals surface area contributed by atoms with E-state index in [1.165, 1.54) is 5.56 Å². The van der Waals surface area contributed by atoms with Gasteiger partial charge in [0.2, 0.25) is 0 Å². The van der Waals surface area contributed by atoms with Crippen molar-refractivity contribution in [3.63, 3.8) is 0 Å². The predicted molar refractivity (Wildman–Crippen MR) is 81.7 cm³/mol. The highest BCUT2D eigenvalue weighted by Crippen LogP contribution is 1.99. The number of nitrogens with zero attached hydrogens (tertiary/aromatic N) is 1. The van der Waals surface area contributed by atoms with Crippen LogP contribution in [0, 0.1) is 0 Å². The number of aliphatic imine (C=N–C) groups is 1. The summed E-state index contributed by atoms with van der Waals surface area (Å²) in [6.07, 6.45) is 0.890. The molecule has 0 aliphatic rings. The van der Waals surface area contributed by atoms with Gasteiger partial charge in [-0.2, -0.15) is 0 Å². The summed E-state index contributed by atoms with van der Waals surface area (Å²) in [6.45, 7) is 6.02. The van der Waals surface area contributed by atoms with Gasteiger partial charge in [-0.3, -0.25) is 4.99 Å². The Morgan fingerprint density at radius 2 is 2.00 bits per heavy atom. The van der Waals surface area contributed by atoms with Crippen molar-refractivity contribution in [2.24, 2.45) is 10.7 Å². The maximum atomic E-state index is 5.72. The van der Waals surface area contributed by atoms with E-state index >= 15 is 0 Å². The van der Waals surface area contributed by atoms with E-state index < -0.39 is 0 Å². The Bertz CT molecular complexity index is 369. The average molecular weight is 279 g/mol. The first-order valence-corrected chi connectivity index (χ1v) is 7.06. The fourth-order valence-electron chi connectivity index (χ4n) is 1.58. The number of nitrogens with two attached hydrogens (primary N) is 1. The molecule has 5 heteroatoms. The van der Waals surface area contributed by atoms with Crippen LogP contribution in [0.15, 0.2) is 35.3 Å². The second-order valence-corrected chi connectivity index (χ2v) is 4.28. The van der Waals surface area contributed by atoms with Crippen LogP contribution in [0.25, 0.3) is 0 Å². The highest BCUT2D eigenvalue weighted by Gasteiger charge is 1.94. The summed E-state index contributed by atoms with van der Waals surface area (Å²) in [5.41, 5.74) is 6.90. The van der Waals surface area contributed by atoms with Gasteiger partial charge in [0.15, 0.2) is 5.96 Å². The SMILES string of the molecule is CCOCCCN=C(N)NCCOCc1ccccc1. The molecule has 0 saturated heterocycles. The molecule has 0 fully saturated rings. The second kappa shape index (κ2) is 11.3. The number of benzene rings is 1. The lowest BCUT2D eigenvalue weighted by molar-refractivity contribution is 0.125. The van der Waals surface area contributed by atoms with E-state index in [1.807, 2.05) is 37.3 Å². The van der Waals surface area contributed by atoms with Crippen LogP contribution in [0.1, 0.15) is 18.9 Å². The molecular formula is C15H25N3O2. The zero-order chi connectivity index (χ0) is 14.5. The molecule has 0 heterocycles. The van der Waals surface area contributed by atoms with E-state index in [9.17, 15) is 0 Å². The number of ether oxygens (including phenoxy) is 2. The van der Waals surface area contributed by atoms with Crippen molar-refractivity contribution in [1.82, 2.24) is 5.32 Å². The van der Waals surface area contributed by atoms with Gasteiger partial charge in [-0.15, -0.1) is 0 Å². The molecule has 3 N–H and O–H groups in total. The van der Waals surface area contributed by atoms with Gasteiger partial charge in [0.25, 0.3) is 0 Å². The molecular weight excluding hydrogens is 254 g/mol. The van der Waals surface area contributed by atoms with Crippen LogP contribution in [0.2, 0.25) is 0 Å². The summed E-state index contributed by atoms with van der Waals surface area (Å²) in [6, 6.07) is 10.1. The first kappa shape index (κ1) is 16.5. The van der Waals surface area contributed by atoms with E-state index in [0.29, 0.717) is 32.3 Å². The van der Waals surface area contributed by atoms with E-state index in [-0.39, 0.29) is 0 Å². The highest BCUT2D eigenvalue weighted by atomic mass is 16.5. The molecule has 0 amide bonds. The number of hydrogen-bond donors (Lipinski definition) is 2. The van der Waals surface area contributed by atoms with Gasteiger partial charge in [-0.05, 0) is 18.9 Å². The summed E-state index contributed by atoms with van der Waals surface area (Å²) in [5, 5.41) is 3.02. The van der Waals surface area contributed by atoms with Crippen LogP contribution < -0.4 is 11.1 Å². The van der Waals surface area contributed by atoms with Gasteiger partial charge in [0, 0.05) is 26.3 Å². The van der Waals surface area contributed by atoms with Crippen molar-refractivity contribution >= 4 is 5.96 Å². The molecule has 1 aromatic rings. The standard InChI is InChI=1S/C15H25N3O2/c1-2-19-11-6-9-17-15(16)18-10-12-20-13-14-7-4-3-5-8-14/h3-5,7-8H,2,6,9-13H2,1H3,(H3,16,17,18). The van der Waals surface area contributed by atoms with Crippen LogP contribution in [0.5, 0.6) is 0 Å². The molecule has 0 atom stereocenters. The number of nitrogens with one attached hydrogen (secondary N) is 1. The van der Waals surface area contributed by atoms with Gasteiger partial charge in [0.05, 0.1) is 13.2 Å². The fourth-order valence-corrected chi connectivity index (χ4v) is 1.58. The predicted octanol–water partition coefficient (Wildman–Crippen LogP) is 1.53. The van der Waals surface area contributed by atoms with Crippen molar-refractivity contribution in [3.8, 4) is 0 Å². The molecule has 20 heavy (non-hydrogen) atoms. The quantitative estimate of drug-likeness (QED) is 0.387. The first-order valence-electron chi connectivity index (χ1n) is 7.06. The minimum atomic E-state index is 0.463. The molecule has 0 spiro atoms. The Morgan fingerprint density at radius 1 is 1.20 bits per heavy atom. The Morgan fingerprint density at radius 3 is 2.75 bits per heavy atom. The maximum Gasteiger partial charge on any atom is 0.188 e. The van der Waals surface area contributed by atoms with E-state index in [1.54, 1.807) is 0 Å². The van der Waals surface area contributed by atoms with Crippen LogP contribution in [0.4, 0.5) is 0 Å². The lowest BCUT2D eigenvalue weighted by Crippen LogP contribution is -2.34. The maximum absolute atomic E-state index is 5.72. The molecule has 5 nitrogen and oxygen atoms in total. The largest absolute Gasteiger partial charge is 0.382 e. The Labute approximate surface area is 121 Å². The van der Waals surface area contributed by atoms with Crippen molar-refractivity contribution in [1.29, 1.82) is 0 Å². The third kappa shape index (κ3) is 8.50. The molecule has 0 aromatic heterocycles. The minimum absolute atomic E-state index is 0.463. The molecule has 0 aliphatic carbocycles. The lowest BCUT2D eigenvalue weighted by atomic mass is 10.2. The van der Waals surface area contributed by atoms with Crippen molar-refractivity contribution < 1.29 is 9.47 Å². The van der Waals surface area contributed by atoms with Gasteiger partial charge in [-0.1, -0.05) is 30.3 Å². The molecule has 0 radical (unpaired) electrons. The Kier molecular flexibility index (Phi) is 9.26. The molecule has 0 saturated carbocycles. The molecule has 0 bridgehead atoms. The third-order valence-corrected chi connectivity index (χ3v) is 2.60. The first-order chi connectivity index (χ1) is 9.83. The summed E-state index contributed by atoms with van der Waals surface area (Å²) in [4.78, 5) is 4.20. The van der Waals surface area contributed by atoms with Crippen molar-refractivity contribution in [2.75, 3.05) is 32.9 Å². The normalized spacial score (nSPS) is 11.6. The van der Waals surface area contributed by atoms with Gasteiger partial charge in [0.1, 0.15) is 0 Å². The van der Waals surface area contributed by atoms with Gasteiger partial charge in [-0.25, -0.2) is 0 Å². The Balaban J connectivity index is 1.98. The number of guanidine groups is 1. The summed E-state index contributed by atoms with van der Waals surface area (Å²) in [5.74, 6) is 0.463. The smallest absolute Gasteiger partial charge is 0.188 e. The Hall–Kier alpha value is -1.59. The van der Waals surface area contributed by atoms with Crippen molar-refractivity contribution in [3.05, 3.63) is 35.9 Å². The number of hydrogen-bond acceptors (Lipinski definition) is 3. The van der Waals surface area contributed by atoms with E-state index in [4.69, 9.17) is 15.2 Å². The summed E-state index contributed by atoms with van der Waals surface area (Å²) >= 11 is 0. The topological polar surface area (TPSA) is 68.9 Å². The van der Waals surface area contributed by atoms with Crippen molar-refractivity contribution in [2.45, 2.75) is 20.0 Å². The fraction of sp³-hybridized carbons (Fsp3) is 0.533. The molecule has 112 valence electrons. The van der Waals surface area contributed by atoms with E-state index in [0.717, 1.165) is 19.6 Å². The lowest BCUT2D eigenvalue weighted by Gasteiger charge is -2.07. The zero-order valence-corrected chi connectivity index (χ0v) is 12.2. The summed E-state index contributed by atoms with van der Waals surface area (Å²) < 4.78 is 10.8. The molecule has 1 aromatic carbocycles. The minimum Gasteiger partial charge on any atom is -0.382 e. The molecule has 0 aliphatic heterocycles. The monoisotopic (exact) mass is 279 g/mol. The van der Waals surface area contributed by atoms with Gasteiger partial charge < -0.3 is 20.5 Å². The van der Waals surface area contributed by atoms with E-state index in [2.05, 4.69) is 10.3 Å². The van der Waals surface area contributed by atoms with Crippen LogP contribution in [0.3, 0.4) is 0 Å². The van der Waals surface area contributed by atoms with Gasteiger partial charge >= 0.3 is 0 Å². The van der Waals surface area contributed by atoms with Crippen LogP contribution >= 0.6 is 0 Å². The second-order valence-electron chi connectivity index (χ2n) is 4.28.